The third-order valence-electron chi connectivity index (χ3n) is 2.50. The number of carbonyl (C=O) groups is 1. The van der Waals surface area contributed by atoms with Crippen molar-refractivity contribution >= 4 is 16.2 Å². The summed E-state index contributed by atoms with van der Waals surface area (Å²) in [6.07, 6.45) is -1.62. The van der Waals surface area contributed by atoms with E-state index in [2.05, 4.69) is 9.47 Å². The van der Waals surface area contributed by atoms with Crippen LogP contribution in [0.25, 0.3) is 0 Å². The van der Waals surface area contributed by atoms with E-state index in [-0.39, 0.29) is 0 Å². The number of hydrogen-bond donors (Lipinski definition) is 0. The van der Waals surface area contributed by atoms with Gasteiger partial charge in [0.1, 0.15) is 5.60 Å². The van der Waals surface area contributed by atoms with E-state index in [1.807, 2.05) is 0 Å². The summed E-state index contributed by atoms with van der Waals surface area (Å²) in [5.74, 6) is -10.7. The molecule has 1 rings (SSSR count). The zero-order valence-electron chi connectivity index (χ0n) is 13.4. The lowest BCUT2D eigenvalue weighted by Gasteiger charge is -2.20. The average molecular weight is 373 g/mol. The van der Waals surface area contributed by atoms with Crippen LogP contribution >= 0.6 is 0 Å². The van der Waals surface area contributed by atoms with Crippen molar-refractivity contribution in [1.29, 1.82) is 0 Å². The number of ether oxygens (including phenoxy) is 2. The van der Waals surface area contributed by atoms with Gasteiger partial charge in [0, 0.05) is 14.1 Å². The van der Waals surface area contributed by atoms with Crippen LogP contribution in [-0.2, 0) is 14.8 Å². The van der Waals surface area contributed by atoms with Gasteiger partial charge in [-0.15, -0.1) is 0 Å². The molecule has 0 unspecified atom stereocenters. The summed E-state index contributed by atoms with van der Waals surface area (Å²) >= 11 is 0. The number of carbonyl (C=O) groups excluding carboxylic acids is 1. The molecule has 0 aliphatic rings. The second kappa shape index (κ2) is 6.55. The van der Waals surface area contributed by atoms with Crippen LogP contribution in [0.5, 0.6) is 5.75 Å². The van der Waals surface area contributed by atoms with E-state index in [1.54, 1.807) is 0 Å². The predicted octanol–water partition coefficient (Wildman–Crippen LogP) is 2.81. The first-order chi connectivity index (χ1) is 10.7. The average Bonchev–Trinajstić information content (AvgIpc) is 2.40. The maximum atomic E-state index is 13.9. The lowest BCUT2D eigenvalue weighted by atomic mass is 10.2. The van der Waals surface area contributed by atoms with Crippen LogP contribution in [0, 0.1) is 23.3 Å². The highest BCUT2D eigenvalue weighted by molar-refractivity contribution is 7.89. The number of rotatable bonds is 3. The van der Waals surface area contributed by atoms with Crippen molar-refractivity contribution in [2.45, 2.75) is 31.3 Å². The second-order valence-electron chi connectivity index (χ2n) is 5.77. The minimum Gasteiger partial charge on any atom is -0.428 e. The largest absolute Gasteiger partial charge is 0.514 e. The highest BCUT2D eigenvalue weighted by Gasteiger charge is 2.37. The van der Waals surface area contributed by atoms with Gasteiger partial charge in [-0.1, -0.05) is 0 Å². The van der Waals surface area contributed by atoms with E-state index in [4.69, 9.17) is 0 Å². The van der Waals surface area contributed by atoms with Crippen molar-refractivity contribution < 1.29 is 40.2 Å². The third kappa shape index (κ3) is 3.96. The molecule has 6 nitrogen and oxygen atoms in total. The first-order valence-electron chi connectivity index (χ1n) is 6.39. The van der Waals surface area contributed by atoms with Gasteiger partial charge < -0.3 is 9.47 Å². The summed E-state index contributed by atoms with van der Waals surface area (Å²) in [7, 11) is -2.94. The van der Waals surface area contributed by atoms with E-state index >= 15 is 0 Å². The Morgan fingerprint density at radius 3 is 1.83 bits per heavy atom. The van der Waals surface area contributed by atoms with Crippen LogP contribution in [0.1, 0.15) is 20.8 Å². The molecule has 0 aliphatic heterocycles. The van der Waals surface area contributed by atoms with Gasteiger partial charge in [-0.2, -0.15) is 4.39 Å². The van der Waals surface area contributed by atoms with Crippen molar-refractivity contribution in [2.75, 3.05) is 14.1 Å². The zero-order valence-corrected chi connectivity index (χ0v) is 14.2. The standard InChI is InChI=1S/C13H15F4NO5S/c1-13(2,3)23-12(19)22-10-8(16)6(14)7(15)9(17)11(10)24(20,21)18(4)5/h1-5H3. The molecular formula is C13H15F4NO5S. The molecule has 24 heavy (non-hydrogen) atoms. The predicted molar refractivity (Wildman–Crippen MR) is 74.0 cm³/mol. The van der Waals surface area contributed by atoms with Crippen molar-refractivity contribution in [1.82, 2.24) is 4.31 Å². The third-order valence-corrected chi connectivity index (χ3v) is 4.34. The van der Waals surface area contributed by atoms with Gasteiger partial charge >= 0.3 is 6.16 Å². The number of hydrogen-bond acceptors (Lipinski definition) is 5. The van der Waals surface area contributed by atoms with E-state index in [1.165, 1.54) is 20.8 Å². The molecule has 0 N–H and O–H groups in total. The Bertz CT molecular complexity index is 772. The Hall–Kier alpha value is -1.88. The van der Waals surface area contributed by atoms with Gasteiger partial charge in [0.15, 0.2) is 22.3 Å². The molecule has 0 fully saturated rings. The van der Waals surface area contributed by atoms with Crippen molar-refractivity contribution in [3.8, 4) is 5.75 Å². The maximum absolute atomic E-state index is 13.9. The van der Waals surface area contributed by atoms with Crippen LogP contribution in [0.3, 0.4) is 0 Å². The summed E-state index contributed by atoms with van der Waals surface area (Å²) in [5, 5.41) is 0. The summed E-state index contributed by atoms with van der Waals surface area (Å²) in [5.41, 5.74) is -1.12. The fourth-order valence-electron chi connectivity index (χ4n) is 1.45. The molecular weight excluding hydrogens is 358 g/mol. The molecule has 0 atom stereocenters. The van der Waals surface area contributed by atoms with Crippen molar-refractivity contribution in [2.24, 2.45) is 0 Å². The fraction of sp³-hybridized carbons (Fsp3) is 0.462. The Labute approximate surface area is 136 Å². The molecule has 136 valence electrons. The van der Waals surface area contributed by atoms with Gasteiger partial charge in [-0.25, -0.2) is 30.7 Å². The minimum absolute atomic E-state index is 0.407. The molecule has 0 bridgehead atoms. The quantitative estimate of drug-likeness (QED) is 0.268. The Kier molecular flexibility index (Phi) is 5.51. The topological polar surface area (TPSA) is 72.9 Å². The first kappa shape index (κ1) is 20.2. The second-order valence-corrected chi connectivity index (χ2v) is 7.86. The minimum atomic E-state index is -4.81. The van der Waals surface area contributed by atoms with Gasteiger partial charge in [-0.3, -0.25) is 0 Å². The summed E-state index contributed by atoms with van der Waals surface area (Å²) in [4.78, 5) is 9.92. The Morgan fingerprint density at radius 2 is 1.42 bits per heavy atom. The van der Waals surface area contributed by atoms with E-state index in [0.717, 1.165) is 14.1 Å². The highest BCUT2D eigenvalue weighted by Crippen LogP contribution is 2.35. The van der Waals surface area contributed by atoms with Crippen LogP contribution in [0.4, 0.5) is 22.4 Å². The van der Waals surface area contributed by atoms with Crippen molar-refractivity contribution in [3.63, 3.8) is 0 Å². The molecule has 0 aliphatic carbocycles. The lowest BCUT2D eigenvalue weighted by molar-refractivity contribution is 0.0188. The van der Waals surface area contributed by atoms with Crippen LogP contribution in [0.2, 0.25) is 0 Å². The molecule has 0 saturated carbocycles. The molecule has 0 heterocycles. The van der Waals surface area contributed by atoms with Gasteiger partial charge in [0.05, 0.1) is 0 Å². The summed E-state index contributed by atoms with van der Waals surface area (Å²) in [6, 6.07) is 0. The van der Waals surface area contributed by atoms with Gasteiger partial charge in [-0.05, 0) is 20.8 Å². The summed E-state index contributed by atoms with van der Waals surface area (Å²) in [6.45, 7) is 4.23. The number of benzene rings is 1. The van der Waals surface area contributed by atoms with Crippen molar-refractivity contribution in [3.05, 3.63) is 23.3 Å². The fourth-order valence-corrected chi connectivity index (χ4v) is 2.50. The molecule has 1 aromatic carbocycles. The normalized spacial score (nSPS) is 12.4. The molecule has 1 aromatic rings. The maximum Gasteiger partial charge on any atom is 0.514 e. The summed E-state index contributed by atoms with van der Waals surface area (Å²) < 4.78 is 88.1. The zero-order chi connectivity index (χ0) is 19.0. The van der Waals surface area contributed by atoms with Crippen LogP contribution in [-0.4, -0.2) is 38.6 Å². The molecule has 0 spiro atoms. The molecule has 0 saturated heterocycles. The molecule has 0 amide bonds. The van der Waals surface area contributed by atoms with Gasteiger partial charge in [0.2, 0.25) is 21.7 Å². The van der Waals surface area contributed by atoms with E-state index < -0.39 is 55.7 Å². The van der Waals surface area contributed by atoms with E-state index in [9.17, 15) is 30.8 Å². The monoisotopic (exact) mass is 373 g/mol. The lowest BCUT2D eigenvalue weighted by Crippen LogP contribution is -2.29. The number of sulfonamides is 1. The number of nitrogens with zero attached hydrogens (tertiary/aromatic N) is 1. The Morgan fingerprint density at radius 1 is 0.958 bits per heavy atom. The molecule has 0 aromatic heterocycles. The first-order valence-corrected chi connectivity index (χ1v) is 7.83. The SMILES string of the molecule is CN(C)S(=O)(=O)c1c(F)c(F)c(F)c(F)c1OC(=O)OC(C)(C)C. The highest BCUT2D eigenvalue weighted by atomic mass is 32.2. The van der Waals surface area contributed by atoms with E-state index in [0.29, 0.717) is 4.31 Å². The van der Waals surface area contributed by atoms with Gasteiger partial charge in [0.25, 0.3) is 0 Å². The smallest absolute Gasteiger partial charge is 0.428 e. The van der Waals surface area contributed by atoms with Crippen LogP contribution < -0.4 is 4.74 Å². The number of halogens is 4. The van der Waals surface area contributed by atoms with Crippen LogP contribution in [0.15, 0.2) is 4.90 Å². The molecule has 0 radical (unpaired) electrons. The molecule has 11 heteroatoms. The Balaban J connectivity index is 3.62.